The summed E-state index contributed by atoms with van der Waals surface area (Å²) in [4.78, 5) is 19.8. The number of hydrogen-bond donors (Lipinski definition) is 0. The van der Waals surface area contributed by atoms with Gasteiger partial charge in [0.15, 0.2) is 6.29 Å². The van der Waals surface area contributed by atoms with Crippen molar-refractivity contribution < 1.29 is 14.3 Å². The molecule has 0 N–H and O–H groups in total. The minimum absolute atomic E-state index is 0.324. The van der Waals surface area contributed by atoms with Gasteiger partial charge in [-0.05, 0) is 18.4 Å². The Kier molecular flexibility index (Phi) is 4.19. The van der Waals surface area contributed by atoms with Gasteiger partial charge in [-0.15, -0.1) is 0 Å². The molecular weight excluding hydrogens is 292 g/mol. The zero-order valence-electron chi connectivity index (χ0n) is 12.9. The first-order valence-corrected chi connectivity index (χ1v) is 7.22. The summed E-state index contributed by atoms with van der Waals surface area (Å²) in [6.07, 6.45) is 3.65. The number of ether oxygens (including phenoxy) is 2. The van der Waals surface area contributed by atoms with Crippen molar-refractivity contribution in [3.8, 4) is 11.6 Å². The summed E-state index contributed by atoms with van der Waals surface area (Å²) in [5.74, 6) is 0.776. The topological polar surface area (TPSA) is 61.3 Å². The second kappa shape index (κ2) is 6.44. The number of pyridine rings is 2. The van der Waals surface area contributed by atoms with E-state index in [9.17, 15) is 4.79 Å². The molecule has 23 heavy (non-hydrogen) atoms. The minimum Gasteiger partial charge on any atom is -0.482 e. The molecule has 3 aromatic rings. The third-order valence-electron chi connectivity index (χ3n) is 3.60. The van der Waals surface area contributed by atoms with Crippen molar-refractivity contribution >= 4 is 17.1 Å². The van der Waals surface area contributed by atoms with E-state index in [1.807, 2.05) is 37.3 Å². The van der Waals surface area contributed by atoms with Gasteiger partial charge in [-0.3, -0.25) is 9.78 Å². The number of benzene rings is 1. The Bertz CT molecular complexity index is 843. The summed E-state index contributed by atoms with van der Waals surface area (Å²) in [5, 5.41) is 2.12. The lowest BCUT2D eigenvalue weighted by Gasteiger charge is -2.17. The quantitative estimate of drug-likeness (QED) is 0.674. The molecule has 0 amide bonds. The van der Waals surface area contributed by atoms with E-state index in [0.29, 0.717) is 17.2 Å². The van der Waals surface area contributed by atoms with Crippen molar-refractivity contribution in [3.05, 3.63) is 60.0 Å². The van der Waals surface area contributed by atoms with Crippen LogP contribution in [0.5, 0.6) is 11.6 Å². The van der Waals surface area contributed by atoms with Crippen molar-refractivity contribution in [2.45, 2.75) is 13.0 Å². The molecular formula is C18H16N2O3. The normalized spacial score (nSPS) is 11.9. The van der Waals surface area contributed by atoms with Crippen molar-refractivity contribution in [2.75, 3.05) is 7.11 Å². The van der Waals surface area contributed by atoms with E-state index in [1.165, 1.54) is 13.3 Å². The van der Waals surface area contributed by atoms with E-state index in [4.69, 9.17) is 9.47 Å². The number of methoxy groups -OCH3 is 1. The highest BCUT2D eigenvalue weighted by atomic mass is 16.5. The number of aldehydes is 1. The first-order chi connectivity index (χ1) is 11.2. The van der Waals surface area contributed by atoms with Gasteiger partial charge >= 0.3 is 0 Å². The van der Waals surface area contributed by atoms with Gasteiger partial charge in [-0.1, -0.05) is 24.3 Å². The summed E-state index contributed by atoms with van der Waals surface area (Å²) >= 11 is 0. The molecule has 116 valence electrons. The molecule has 3 rings (SSSR count). The lowest BCUT2D eigenvalue weighted by atomic mass is 10.1. The fraction of sp³-hybridized carbons (Fsp3) is 0.167. The Hall–Kier alpha value is -2.95. The molecule has 2 aromatic heterocycles. The summed E-state index contributed by atoms with van der Waals surface area (Å²) in [7, 11) is 1.50. The van der Waals surface area contributed by atoms with Crippen LogP contribution in [-0.4, -0.2) is 23.4 Å². The number of fused-ring (bicyclic) bond motifs is 1. The number of carbonyl (C=O) groups is 1. The largest absolute Gasteiger partial charge is 0.482 e. The van der Waals surface area contributed by atoms with Gasteiger partial charge in [-0.2, -0.15) is 0 Å². The Morgan fingerprint density at radius 2 is 2.00 bits per heavy atom. The van der Waals surface area contributed by atoms with Crippen LogP contribution in [0.3, 0.4) is 0 Å². The third kappa shape index (κ3) is 2.99. The predicted molar refractivity (Wildman–Crippen MR) is 87.0 cm³/mol. The maximum atomic E-state index is 11.2. The van der Waals surface area contributed by atoms with Crippen LogP contribution in [0.2, 0.25) is 0 Å². The molecule has 0 aliphatic heterocycles. The lowest BCUT2D eigenvalue weighted by Crippen LogP contribution is -2.08. The van der Waals surface area contributed by atoms with Gasteiger partial charge in [0.2, 0.25) is 5.88 Å². The van der Waals surface area contributed by atoms with Gasteiger partial charge in [0.05, 0.1) is 24.6 Å². The maximum Gasteiger partial charge on any atom is 0.213 e. The Morgan fingerprint density at radius 3 is 2.78 bits per heavy atom. The average Bonchev–Trinajstić information content (AvgIpc) is 2.61. The molecule has 2 heterocycles. The van der Waals surface area contributed by atoms with E-state index >= 15 is 0 Å². The molecule has 0 spiro atoms. The maximum absolute atomic E-state index is 11.2. The van der Waals surface area contributed by atoms with Crippen LogP contribution in [0.1, 0.15) is 29.1 Å². The number of rotatable bonds is 5. The van der Waals surface area contributed by atoms with E-state index in [-0.39, 0.29) is 6.10 Å². The summed E-state index contributed by atoms with van der Waals surface area (Å²) in [5.41, 5.74) is 1.21. The molecule has 5 heteroatoms. The number of carbonyl (C=O) groups excluding carboxylic acids is 1. The third-order valence-corrected chi connectivity index (χ3v) is 3.60. The molecule has 0 aliphatic rings. The van der Waals surface area contributed by atoms with Crippen LogP contribution in [-0.2, 0) is 0 Å². The summed E-state index contributed by atoms with van der Waals surface area (Å²) in [6, 6.07) is 11.5. The number of hydrogen-bond acceptors (Lipinski definition) is 5. The van der Waals surface area contributed by atoms with Crippen LogP contribution in [0.15, 0.2) is 48.8 Å². The van der Waals surface area contributed by atoms with Crippen molar-refractivity contribution in [1.82, 2.24) is 9.97 Å². The summed E-state index contributed by atoms with van der Waals surface area (Å²) < 4.78 is 10.9. The highest BCUT2D eigenvalue weighted by Gasteiger charge is 2.15. The van der Waals surface area contributed by atoms with Crippen LogP contribution in [0, 0.1) is 0 Å². The van der Waals surface area contributed by atoms with E-state index in [0.717, 1.165) is 22.8 Å². The smallest absolute Gasteiger partial charge is 0.213 e. The summed E-state index contributed by atoms with van der Waals surface area (Å²) in [6.45, 7) is 1.90. The fourth-order valence-corrected chi connectivity index (χ4v) is 2.45. The van der Waals surface area contributed by atoms with Gasteiger partial charge in [0, 0.05) is 17.6 Å². The van der Waals surface area contributed by atoms with E-state index in [1.54, 1.807) is 12.3 Å². The average molecular weight is 308 g/mol. The molecule has 0 radical (unpaired) electrons. The van der Waals surface area contributed by atoms with Crippen molar-refractivity contribution in [2.24, 2.45) is 0 Å². The Morgan fingerprint density at radius 1 is 1.17 bits per heavy atom. The number of nitrogens with zero attached hydrogens (tertiary/aromatic N) is 2. The first-order valence-electron chi connectivity index (χ1n) is 7.22. The molecule has 0 bridgehead atoms. The SMILES string of the molecule is COc1cc(C=O)c(OC(C)c2nccc3ccccc23)cn1. The highest BCUT2D eigenvalue weighted by molar-refractivity contribution is 5.84. The Balaban J connectivity index is 1.95. The highest BCUT2D eigenvalue weighted by Crippen LogP contribution is 2.28. The van der Waals surface area contributed by atoms with Gasteiger partial charge in [0.1, 0.15) is 11.9 Å². The molecule has 0 aliphatic carbocycles. The molecule has 1 atom stereocenters. The monoisotopic (exact) mass is 308 g/mol. The Labute approximate surface area is 133 Å². The molecule has 0 saturated carbocycles. The van der Waals surface area contributed by atoms with Gasteiger partial charge in [0.25, 0.3) is 0 Å². The van der Waals surface area contributed by atoms with Crippen molar-refractivity contribution in [3.63, 3.8) is 0 Å². The van der Waals surface area contributed by atoms with Crippen LogP contribution in [0.25, 0.3) is 10.8 Å². The van der Waals surface area contributed by atoms with E-state index < -0.39 is 0 Å². The second-order valence-corrected chi connectivity index (χ2v) is 5.06. The first kappa shape index (κ1) is 15.0. The lowest BCUT2D eigenvalue weighted by molar-refractivity contribution is 0.111. The van der Waals surface area contributed by atoms with E-state index in [2.05, 4.69) is 9.97 Å². The van der Waals surface area contributed by atoms with Crippen LogP contribution in [0.4, 0.5) is 0 Å². The zero-order valence-corrected chi connectivity index (χ0v) is 12.9. The van der Waals surface area contributed by atoms with Gasteiger partial charge < -0.3 is 9.47 Å². The minimum atomic E-state index is -0.324. The van der Waals surface area contributed by atoms with Crippen molar-refractivity contribution in [1.29, 1.82) is 0 Å². The molecule has 1 aromatic carbocycles. The molecule has 0 fully saturated rings. The predicted octanol–water partition coefficient (Wildman–Crippen LogP) is 3.59. The second-order valence-electron chi connectivity index (χ2n) is 5.06. The zero-order chi connectivity index (χ0) is 16.2. The number of aromatic nitrogens is 2. The fourth-order valence-electron chi connectivity index (χ4n) is 2.45. The van der Waals surface area contributed by atoms with Gasteiger partial charge in [-0.25, -0.2) is 4.98 Å². The molecule has 5 nitrogen and oxygen atoms in total. The van der Waals surface area contributed by atoms with Crippen LogP contribution < -0.4 is 9.47 Å². The molecule has 1 unspecified atom stereocenters. The van der Waals surface area contributed by atoms with Crippen LogP contribution >= 0.6 is 0 Å². The molecule has 0 saturated heterocycles. The standard InChI is InChI=1S/C18H16N2O3/c1-12(18-15-6-4-3-5-13(15)7-8-19-18)23-16-10-20-17(22-2)9-14(16)11-21/h3-12H,1-2H3.